The van der Waals surface area contributed by atoms with Gasteiger partial charge >= 0.3 is 0 Å². The molecule has 4 fully saturated rings. The summed E-state index contributed by atoms with van der Waals surface area (Å²) in [5.41, 5.74) is -1.51. The minimum atomic E-state index is -2.08. The number of rotatable bonds is 11. The molecule has 1 aromatic heterocycles. The Morgan fingerprint density at radius 2 is 1.14 bits per heavy atom. The molecule has 7 rings (SSSR count). The van der Waals surface area contributed by atoms with Crippen molar-refractivity contribution in [3.63, 3.8) is 0 Å². The van der Waals surface area contributed by atoms with Gasteiger partial charge in [0.2, 0.25) is 23.8 Å². The van der Waals surface area contributed by atoms with Gasteiger partial charge in [0.05, 0.1) is 32.0 Å². The number of phenols is 2. The number of fused-ring (bicyclic) bond motifs is 1. The fourth-order valence-electron chi connectivity index (χ4n) is 7.71. The largest absolute Gasteiger partial charge is 0.507 e. The van der Waals surface area contributed by atoms with Crippen molar-refractivity contribution in [1.29, 1.82) is 0 Å². The van der Waals surface area contributed by atoms with E-state index in [1.807, 2.05) is 0 Å². The van der Waals surface area contributed by atoms with Gasteiger partial charge in [0, 0.05) is 17.7 Å². The lowest BCUT2D eigenvalue weighted by Gasteiger charge is -2.46. The van der Waals surface area contributed by atoms with Crippen molar-refractivity contribution >= 4 is 11.0 Å². The highest BCUT2D eigenvalue weighted by atomic mass is 16.8. The normalized spacial score (nSPS) is 40.5. The summed E-state index contributed by atoms with van der Waals surface area (Å²) in [6.07, 6.45) is -33.1. The molecule has 4 saturated heterocycles. The number of methoxy groups -OCH3 is 1. The standard InChI is InChI=1S/C40H52O24/c1-11-22(43)27(48)31(52)37(57-11)56-10-20-25(46)30(51)36(64-39-33(54)29(50)24(45)13(3)59-39)40(62-20)63-35-26(47)21-17(42)8-15(60-38-32(53)28(49)23(44)12(2)58-38)9-19(21)61-34(35)14-5-6-16(41)18(7-14)55-4/h5-9,11-13,20,22-25,27-33,36-46,48-54H,10H2,1-4H3/t11-,12-,13-,20+,22-,23-,24-,25-,27+,28+,29+,30-,31+,32+,33+,36+,37+,38-,39-,40-/m0/s1. The van der Waals surface area contributed by atoms with Crippen molar-refractivity contribution in [1.82, 2.24) is 0 Å². The van der Waals surface area contributed by atoms with Gasteiger partial charge in [-0.1, -0.05) is 0 Å². The lowest BCUT2D eigenvalue weighted by molar-refractivity contribution is -0.360. The minimum Gasteiger partial charge on any atom is -0.507 e. The first-order chi connectivity index (χ1) is 30.2. The Bertz CT molecular complexity index is 2150. The van der Waals surface area contributed by atoms with Crippen LogP contribution in [0.15, 0.2) is 39.5 Å². The number of ether oxygens (including phenoxy) is 9. The van der Waals surface area contributed by atoms with E-state index < -0.39 is 158 Å². The zero-order valence-corrected chi connectivity index (χ0v) is 34.4. The third kappa shape index (κ3) is 9.08. The van der Waals surface area contributed by atoms with Gasteiger partial charge < -0.3 is 113 Å². The molecule has 2 aromatic carbocycles. The SMILES string of the molecule is COc1cc(-c2oc3cc(O[C@@H]4O[C@@H](C)[C@H](O)[C@@H](O)[C@H]4O)cc(O)c3c(=O)c2O[C@@H]2O[C@H](CO[C@@H]3O[C@@H](C)[C@H](O)[C@@H](O)[C@H]3O)[C@H](O)[C@H](O)[C@H]2O[C@@H]2O[C@@H](C)[C@H](O)[C@@H](O)[C@H]2O)ccc1O. The van der Waals surface area contributed by atoms with E-state index in [2.05, 4.69) is 0 Å². The molecule has 24 heteroatoms. The first kappa shape index (κ1) is 47.9. The first-order valence-corrected chi connectivity index (χ1v) is 20.1. The number of aromatic hydroxyl groups is 2. The number of phenolic OH excluding ortho intramolecular Hbond substituents is 2. The van der Waals surface area contributed by atoms with Crippen LogP contribution in [0.1, 0.15) is 20.8 Å². The Morgan fingerprint density at radius 1 is 0.578 bits per heavy atom. The third-order valence-electron chi connectivity index (χ3n) is 11.6. The van der Waals surface area contributed by atoms with Crippen molar-refractivity contribution in [2.45, 2.75) is 144 Å². The minimum absolute atomic E-state index is 0.0181. The first-order valence-electron chi connectivity index (χ1n) is 20.1. The summed E-state index contributed by atoms with van der Waals surface area (Å²) in [5.74, 6) is -2.71. The van der Waals surface area contributed by atoms with E-state index in [1.54, 1.807) is 0 Å². The molecule has 0 unspecified atom stereocenters. The predicted octanol–water partition coefficient (Wildman–Crippen LogP) is -4.03. The van der Waals surface area contributed by atoms with Crippen LogP contribution in [0.4, 0.5) is 0 Å². The van der Waals surface area contributed by atoms with E-state index in [4.69, 9.17) is 47.0 Å². The van der Waals surface area contributed by atoms with E-state index in [0.717, 1.165) is 12.1 Å². The molecule has 0 aliphatic carbocycles. The second kappa shape index (κ2) is 19.1. The maximum atomic E-state index is 14.6. The molecule has 0 spiro atoms. The van der Waals surface area contributed by atoms with E-state index in [9.17, 15) is 71.2 Å². The highest BCUT2D eigenvalue weighted by Crippen LogP contribution is 2.41. The van der Waals surface area contributed by atoms with Crippen molar-refractivity contribution < 1.29 is 113 Å². The Morgan fingerprint density at radius 3 is 1.75 bits per heavy atom. The Labute approximate surface area is 362 Å². The Balaban J connectivity index is 1.29. The molecule has 356 valence electrons. The van der Waals surface area contributed by atoms with E-state index in [0.29, 0.717) is 0 Å². The van der Waals surface area contributed by atoms with E-state index >= 15 is 0 Å². The molecule has 0 bridgehead atoms. The van der Waals surface area contributed by atoms with Crippen LogP contribution in [-0.2, 0) is 28.4 Å². The second-order valence-corrected chi connectivity index (χ2v) is 16.0. The Kier molecular flexibility index (Phi) is 14.3. The fraction of sp³-hybridized carbons (Fsp3) is 0.625. The quantitative estimate of drug-likeness (QED) is 0.0871. The van der Waals surface area contributed by atoms with Crippen LogP contribution in [-0.4, -0.2) is 203 Å². The smallest absolute Gasteiger partial charge is 0.239 e. The lowest BCUT2D eigenvalue weighted by Crippen LogP contribution is -2.65. The summed E-state index contributed by atoms with van der Waals surface area (Å²) in [5, 5.41) is 138. The van der Waals surface area contributed by atoms with Gasteiger partial charge in [-0.2, -0.15) is 0 Å². The summed E-state index contributed by atoms with van der Waals surface area (Å²) >= 11 is 0. The number of hydrogen-bond acceptors (Lipinski definition) is 24. The van der Waals surface area contributed by atoms with Gasteiger partial charge in [0.25, 0.3) is 0 Å². The van der Waals surface area contributed by atoms with Crippen molar-refractivity contribution in [2.24, 2.45) is 0 Å². The highest BCUT2D eigenvalue weighted by Gasteiger charge is 2.52. The molecule has 20 atom stereocenters. The molecule has 3 aromatic rings. The van der Waals surface area contributed by atoms with Gasteiger partial charge in [0.15, 0.2) is 35.9 Å². The number of aliphatic hydroxyl groups excluding tert-OH is 11. The summed E-state index contributed by atoms with van der Waals surface area (Å²) in [7, 11) is 1.24. The van der Waals surface area contributed by atoms with Gasteiger partial charge in [0.1, 0.15) is 95.7 Å². The van der Waals surface area contributed by atoms with Crippen LogP contribution in [0.25, 0.3) is 22.3 Å². The van der Waals surface area contributed by atoms with Crippen LogP contribution in [0, 0.1) is 0 Å². The Hall–Kier alpha value is -4.03. The summed E-state index contributed by atoms with van der Waals surface area (Å²) in [4.78, 5) is 14.6. The lowest BCUT2D eigenvalue weighted by atomic mass is 9.97. The van der Waals surface area contributed by atoms with Gasteiger partial charge in [-0.15, -0.1) is 0 Å². The molecular formula is C40H52O24. The average Bonchev–Trinajstić information content (AvgIpc) is 3.26. The van der Waals surface area contributed by atoms with Gasteiger partial charge in [-0.3, -0.25) is 4.79 Å². The molecule has 4 aliphatic rings. The molecule has 64 heavy (non-hydrogen) atoms. The molecule has 5 heterocycles. The summed E-state index contributed by atoms with van der Waals surface area (Å²) in [6, 6.07) is 5.77. The predicted molar refractivity (Wildman–Crippen MR) is 208 cm³/mol. The zero-order valence-electron chi connectivity index (χ0n) is 34.4. The van der Waals surface area contributed by atoms with E-state index in [1.165, 1.54) is 46.1 Å². The fourth-order valence-corrected chi connectivity index (χ4v) is 7.71. The van der Waals surface area contributed by atoms with Crippen LogP contribution in [0.3, 0.4) is 0 Å². The van der Waals surface area contributed by atoms with Crippen LogP contribution in [0.5, 0.6) is 28.7 Å². The second-order valence-electron chi connectivity index (χ2n) is 16.0. The molecule has 0 amide bonds. The third-order valence-corrected chi connectivity index (χ3v) is 11.6. The summed E-state index contributed by atoms with van der Waals surface area (Å²) < 4.78 is 57.4. The number of aliphatic hydroxyl groups is 11. The average molecular weight is 917 g/mol. The number of hydrogen-bond donors (Lipinski definition) is 13. The van der Waals surface area contributed by atoms with Crippen molar-refractivity contribution in [3.05, 3.63) is 40.6 Å². The van der Waals surface area contributed by atoms with Crippen LogP contribution in [0.2, 0.25) is 0 Å². The van der Waals surface area contributed by atoms with Crippen molar-refractivity contribution in [2.75, 3.05) is 13.7 Å². The van der Waals surface area contributed by atoms with Gasteiger partial charge in [-0.05, 0) is 39.0 Å². The van der Waals surface area contributed by atoms with Crippen molar-refractivity contribution in [3.8, 4) is 40.1 Å². The summed E-state index contributed by atoms with van der Waals surface area (Å²) in [6.45, 7) is 3.43. The van der Waals surface area contributed by atoms with E-state index in [-0.39, 0.29) is 28.4 Å². The van der Waals surface area contributed by atoms with Gasteiger partial charge in [-0.25, -0.2) is 0 Å². The topological polar surface area (TPSA) is 376 Å². The molecule has 24 nitrogen and oxygen atoms in total. The number of benzene rings is 2. The highest BCUT2D eigenvalue weighted by molar-refractivity contribution is 5.88. The van der Waals surface area contributed by atoms with Crippen LogP contribution >= 0.6 is 0 Å². The monoisotopic (exact) mass is 916 g/mol. The molecular weight excluding hydrogens is 864 g/mol. The van der Waals surface area contributed by atoms with Crippen LogP contribution < -0.4 is 19.6 Å². The molecule has 4 aliphatic heterocycles. The zero-order chi connectivity index (χ0) is 46.6. The molecule has 0 radical (unpaired) electrons. The molecule has 13 N–H and O–H groups in total. The maximum Gasteiger partial charge on any atom is 0.239 e. The maximum absolute atomic E-state index is 14.6. The molecule has 0 saturated carbocycles.